The molecule has 2 aromatic rings. The lowest BCUT2D eigenvalue weighted by Gasteiger charge is -2.45. The number of amides is 2. The zero-order valence-corrected chi connectivity index (χ0v) is 19.5. The second kappa shape index (κ2) is 9.91. The van der Waals surface area contributed by atoms with Gasteiger partial charge in [-0.05, 0) is 29.8 Å². The van der Waals surface area contributed by atoms with Crippen LogP contribution in [0.25, 0.3) is 11.4 Å². The summed E-state index contributed by atoms with van der Waals surface area (Å²) in [6, 6.07) is 2.63. The molecule has 1 saturated heterocycles. The Kier molecular flexibility index (Phi) is 7.42. The van der Waals surface area contributed by atoms with Gasteiger partial charge < -0.3 is 15.3 Å². The van der Waals surface area contributed by atoms with Crippen molar-refractivity contribution < 1.29 is 23.1 Å². The molecular formula is C20H23ClN6O5S. The first-order valence-electron chi connectivity index (χ1n) is 9.83. The predicted molar refractivity (Wildman–Crippen MR) is 121 cm³/mol. The molecule has 1 aliphatic rings. The van der Waals surface area contributed by atoms with E-state index in [2.05, 4.69) is 26.8 Å². The van der Waals surface area contributed by atoms with E-state index >= 15 is 0 Å². The van der Waals surface area contributed by atoms with Crippen LogP contribution < -0.4 is 5.32 Å². The Bertz CT molecular complexity index is 1190. The third-order valence-corrected chi connectivity index (χ3v) is 6.71. The monoisotopic (exact) mass is 494 g/mol. The molecule has 0 saturated carbocycles. The van der Waals surface area contributed by atoms with Crippen LogP contribution in [0.1, 0.15) is 22.1 Å². The van der Waals surface area contributed by atoms with Gasteiger partial charge in [-0.1, -0.05) is 18.2 Å². The lowest BCUT2D eigenvalue weighted by molar-refractivity contribution is -0.133. The molecule has 1 fully saturated rings. The summed E-state index contributed by atoms with van der Waals surface area (Å²) in [7, 11) is -2.25. The average molecular weight is 495 g/mol. The second-order valence-electron chi connectivity index (χ2n) is 7.28. The molecule has 2 amide bonds. The van der Waals surface area contributed by atoms with E-state index in [-0.39, 0.29) is 35.3 Å². The molecule has 2 atom stereocenters. The number of aromatic nitrogens is 3. The molecular weight excluding hydrogens is 472 g/mol. The van der Waals surface area contributed by atoms with Crippen LogP contribution in [-0.4, -0.2) is 88.5 Å². The van der Waals surface area contributed by atoms with Crippen molar-refractivity contribution in [1.29, 1.82) is 0 Å². The van der Waals surface area contributed by atoms with Gasteiger partial charge in [0, 0.05) is 20.1 Å². The summed E-state index contributed by atoms with van der Waals surface area (Å²) in [5, 5.41) is 12.6. The standard InChI is InChI=1S/C20H23ClN6O5S/c1-4-18(29)26-5-6-27(33(3,31)32)19(16(26)10-28)12-7-14(25-17(21)8-12)13-9-15(20(30)22-2)24-11-23-13/h4,7-9,11,16,19,28H,1,5-6,10H2,2-3H3,(H,22,30)/t16-,19-/m1/s1. The van der Waals surface area contributed by atoms with Gasteiger partial charge in [-0.3, -0.25) is 9.59 Å². The van der Waals surface area contributed by atoms with E-state index in [1.807, 2.05) is 0 Å². The Morgan fingerprint density at radius 3 is 2.61 bits per heavy atom. The minimum Gasteiger partial charge on any atom is -0.394 e. The Morgan fingerprint density at radius 1 is 1.27 bits per heavy atom. The van der Waals surface area contributed by atoms with E-state index in [0.717, 1.165) is 12.3 Å². The second-order valence-corrected chi connectivity index (χ2v) is 9.60. The topological polar surface area (TPSA) is 146 Å². The number of sulfonamides is 1. The number of piperazine rings is 1. The van der Waals surface area contributed by atoms with Gasteiger partial charge in [0.05, 0.1) is 36.3 Å². The SMILES string of the molecule is C=CC(=O)N1CCN(S(C)(=O)=O)[C@H](c2cc(Cl)nc(-c3cc(C(=O)NC)ncn3)c2)[C@H]1CO. The molecule has 13 heteroatoms. The Balaban J connectivity index is 2.15. The number of halogens is 1. The molecule has 0 spiro atoms. The third kappa shape index (κ3) is 5.19. The normalized spacial score (nSPS) is 19.2. The highest BCUT2D eigenvalue weighted by atomic mass is 35.5. The highest BCUT2D eigenvalue weighted by Crippen LogP contribution is 2.35. The average Bonchev–Trinajstić information content (AvgIpc) is 2.81. The molecule has 3 heterocycles. The van der Waals surface area contributed by atoms with E-state index < -0.39 is 40.5 Å². The molecule has 0 aliphatic carbocycles. The van der Waals surface area contributed by atoms with Crippen LogP contribution in [0.5, 0.6) is 0 Å². The molecule has 3 rings (SSSR count). The maximum Gasteiger partial charge on any atom is 0.269 e. The lowest BCUT2D eigenvalue weighted by Crippen LogP contribution is -2.58. The number of hydrogen-bond donors (Lipinski definition) is 2. The molecule has 33 heavy (non-hydrogen) atoms. The van der Waals surface area contributed by atoms with Crippen LogP contribution in [0, 0.1) is 0 Å². The van der Waals surface area contributed by atoms with E-state index in [4.69, 9.17) is 11.6 Å². The van der Waals surface area contributed by atoms with Crippen LogP contribution in [0.2, 0.25) is 5.15 Å². The van der Waals surface area contributed by atoms with Gasteiger partial charge in [-0.2, -0.15) is 4.31 Å². The summed E-state index contributed by atoms with van der Waals surface area (Å²) in [6.07, 6.45) is 3.37. The van der Waals surface area contributed by atoms with E-state index in [1.165, 1.54) is 34.7 Å². The van der Waals surface area contributed by atoms with Crippen LogP contribution in [-0.2, 0) is 14.8 Å². The molecule has 176 valence electrons. The molecule has 11 nitrogen and oxygen atoms in total. The van der Waals surface area contributed by atoms with Crippen LogP contribution in [0.15, 0.2) is 37.2 Å². The van der Waals surface area contributed by atoms with Crippen molar-refractivity contribution in [3.63, 3.8) is 0 Å². The number of nitrogens with one attached hydrogen (secondary N) is 1. The van der Waals surface area contributed by atoms with Gasteiger partial charge in [0.2, 0.25) is 15.9 Å². The number of aliphatic hydroxyl groups excluding tert-OH is 1. The first-order chi connectivity index (χ1) is 15.6. The van der Waals surface area contributed by atoms with Crippen LogP contribution in [0.4, 0.5) is 0 Å². The fourth-order valence-corrected chi connectivity index (χ4v) is 5.10. The minimum atomic E-state index is -3.72. The fourth-order valence-electron chi connectivity index (χ4n) is 3.79. The van der Waals surface area contributed by atoms with Crippen molar-refractivity contribution in [2.24, 2.45) is 0 Å². The van der Waals surface area contributed by atoms with Crippen molar-refractivity contribution in [2.75, 3.05) is 33.0 Å². The zero-order chi connectivity index (χ0) is 24.3. The summed E-state index contributed by atoms with van der Waals surface area (Å²) in [6.45, 7) is 3.09. The number of hydrogen-bond acceptors (Lipinski definition) is 8. The number of carbonyl (C=O) groups is 2. The summed E-state index contributed by atoms with van der Waals surface area (Å²) in [4.78, 5) is 38.0. The third-order valence-electron chi connectivity index (χ3n) is 5.25. The number of pyridine rings is 1. The summed E-state index contributed by atoms with van der Waals surface area (Å²) < 4.78 is 26.4. The highest BCUT2D eigenvalue weighted by molar-refractivity contribution is 7.88. The number of rotatable bonds is 6. The van der Waals surface area contributed by atoms with Crippen LogP contribution in [0.3, 0.4) is 0 Å². The quantitative estimate of drug-likeness (QED) is 0.429. The molecule has 2 aromatic heterocycles. The molecule has 0 unspecified atom stereocenters. The first-order valence-corrected chi connectivity index (χ1v) is 12.1. The van der Waals surface area contributed by atoms with Crippen LogP contribution >= 0.6 is 11.6 Å². The van der Waals surface area contributed by atoms with Gasteiger partial charge in [0.15, 0.2) is 0 Å². The molecule has 0 aromatic carbocycles. The molecule has 0 radical (unpaired) electrons. The smallest absolute Gasteiger partial charge is 0.269 e. The number of carbonyl (C=O) groups excluding carboxylic acids is 2. The first kappa shape index (κ1) is 24.7. The Morgan fingerprint density at radius 2 is 2.00 bits per heavy atom. The predicted octanol–water partition coefficient (Wildman–Crippen LogP) is 0.243. The maximum absolute atomic E-state index is 12.6. The fraction of sp³-hybridized carbons (Fsp3) is 0.350. The minimum absolute atomic E-state index is 0.0170. The summed E-state index contributed by atoms with van der Waals surface area (Å²) in [5.74, 6) is -0.853. The molecule has 2 N–H and O–H groups in total. The molecule has 0 bridgehead atoms. The van der Waals surface area contributed by atoms with Gasteiger partial charge in [0.1, 0.15) is 17.2 Å². The van der Waals surface area contributed by atoms with Crippen molar-refractivity contribution >= 4 is 33.4 Å². The largest absolute Gasteiger partial charge is 0.394 e. The van der Waals surface area contributed by atoms with Crippen molar-refractivity contribution in [3.8, 4) is 11.4 Å². The van der Waals surface area contributed by atoms with Crippen molar-refractivity contribution in [1.82, 2.24) is 29.5 Å². The maximum atomic E-state index is 12.6. The Hall–Kier alpha value is -2.93. The molecule has 1 aliphatic heterocycles. The number of aliphatic hydroxyl groups is 1. The highest BCUT2D eigenvalue weighted by Gasteiger charge is 2.42. The summed E-state index contributed by atoms with van der Waals surface area (Å²) in [5.41, 5.74) is 1.06. The zero-order valence-electron chi connectivity index (χ0n) is 18.0. The van der Waals surface area contributed by atoms with Gasteiger partial charge in [0.25, 0.3) is 5.91 Å². The van der Waals surface area contributed by atoms with Crippen molar-refractivity contribution in [3.05, 3.63) is 53.6 Å². The van der Waals surface area contributed by atoms with Gasteiger partial charge in [-0.15, -0.1) is 0 Å². The number of nitrogens with zero attached hydrogens (tertiary/aromatic N) is 5. The summed E-state index contributed by atoms with van der Waals surface area (Å²) >= 11 is 6.27. The van der Waals surface area contributed by atoms with Gasteiger partial charge >= 0.3 is 0 Å². The van der Waals surface area contributed by atoms with E-state index in [9.17, 15) is 23.1 Å². The van der Waals surface area contributed by atoms with E-state index in [0.29, 0.717) is 5.56 Å². The van der Waals surface area contributed by atoms with Gasteiger partial charge in [-0.25, -0.2) is 23.4 Å². The Labute approximate surface area is 196 Å². The van der Waals surface area contributed by atoms with E-state index in [1.54, 1.807) is 6.07 Å². The lowest BCUT2D eigenvalue weighted by atomic mass is 9.95. The van der Waals surface area contributed by atoms with Crippen molar-refractivity contribution in [2.45, 2.75) is 12.1 Å².